The molecule has 1 aliphatic carbocycles. The van der Waals surface area contributed by atoms with E-state index in [1.54, 1.807) is 24.3 Å². The normalized spacial score (nSPS) is 16.6. The standard InChI is InChI=1S/C19H18BNO4/c1-21-14-6-9-18(19(11-14)24-15-4-2-3-5-15)25-16-7-8-17-13(10-16)12-23-20(17)22/h6-11,15,22H,2-5,12H2. The van der Waals surface area contributed by atoms with E-state index >= 15 is 0 Å². The molecule has 1 N–H and O–H groups in total. The predicted octanol–water partition coefficient (Wildman–Crippen LogP) is 3.57. The maximum atomic E-state index is 9.71. The summed E-state index contributed by atoms with van der Waals surface area (Å²) in [5.74, 6) is 1.86. The number of benzene rings is 2. The van der Waals surface area contributed by atoms with Gasteiger partial charge in [-0.05, 0) is 61.0 Å². The number of rotatable bonds is 4. The van der Waals surface area contributed by atoms with Gasteiger partial charge in [0.1, 0.15) is 5.75 Å². The van der Waals surface area contributed by atoms with Gasteiger partial charge < -0.3 is 19.2 Å². The van der Waals surface area contributed by atoms with Crippen LogP contribution in [0.25, 0.3) is 4.85 Å². The lowest BCUT2D eigenvalue weighted by molar-refractivity contribution is 0.203. The van der Waals surface area contributed by atoms with Gasteiger partial charge >= 0.3 is 7.12 Å². The van der Waals surface area contributed by atoms with Crippen LogP contribution in [0.3, 0.4) is 0 Å². The summed E-state index contributed by atoms with van der Waals surface area (Å²) < 4.78 is 17.3. The summed E-state index contributed by atoms with van der Waals surface area (Å²) >= 11 is 0. The van der Waals surface area contributed by atoms with Crippen molar-refractivity contribution in [2.24, 2.45) is 0 Å². The second kappa shape index (κ2) is 6.79. The molecule has 0 bridgehead atoms. The Balaban J connectivity index is 1.60. The molecule has 0 aromatic heterocycles. The van der Waals surface area contributed by atoms with E-state index in [4.69, 9.17) is 20.7 Å². The molecule has 0 radical (unpaired) electrons. The fourth-order valence-corrected chi connectivity index (χ4v) is 3.33. The molecule has 2 aliphatic rings. The molecule has 25 heavy (non-hydrogen) atoms. The van der Waals surface area contributed by atoms with Gasteiger partial charge in [0, 0.05) is 0 Å². The quantitative estimate of drug-likeness (QED) is 0.686. The van der Waals surface area contributed by atoms with E-state index in [0.717, 1.165) is 23.9 Å². The SMILES string of the molecule is [C-]#[N+]c1ccc(Oc2ccc3c(c2)COB3O)c(OC2CCCC2)c1. The third-order valence-electron chi connectivity index (χ3n) is 4.66. The molecule has 126 valence electrons. The Morgan fingerprint density at radius 3 is 2.76 bits per heavy atom. The summed E-state index contributed by atoms with van der Waals surface area (Å²) in [6.45, 7) is 7.58. The highest BCUT2D eigenvalue weighted by Crippen LogP contribution is 2.37. The Morgan fingerprint density at radius 1 is 1.12 bits per heavy atom. The van der Waals surface area contributed by atoms with E-state index < -0.39 is 7.12 Å². The molecule has 0 unspecified atom stereocenters. The molecule has 0 spiro atoms. The average Bonchev–Trinajstić information content (AvgIpc) is 3.26. The van der Waals surface area contributed by atoms with Crippen LogP contribution < -0.4 is 14.9 Å². The zero-order chi connectivity index (χ0) is 17.2. The predicted molar refractivity (Wildman–Crippen MR) is 94.5 cm³/mol. The van der Waals surface area contributed by atoms with Gasteiger partial charge in [-0.15, -0.1) is 0 Å². The minimum Gasteiger partial charge on any atom is -0.488 e. The summed E-state index contributed by atoms with van der Waals surface area (Å²) in [5, 5.41) is 9.71. The number of nitrogens with zero attached hydrogens (tertiary/aromatic N) is 1. The Bertz CT molecular complexity index is 827. The smallest absolute Gasteiger partial charge is 0.488 e. The van der Waals surface area contributed by atoms with Crippen LogP contribution in [-0.2, 0) is 11.3 Å². The first-order valence-corrected chi connectivity index (χ1v) is 8.51. The van der Waals surface area contributed by atoms with Crippen molar-refractivity contribution in [3.05, 3.63) is 53.4 Å². The van der Waals surface area contributed by atoms with Crippen LogP contribution in [0.1, 0.15) is 31.2 Å². The minimum absolute atomic E-state index is 0.187. The van der Waals surface area contributed by atoms with Gasteiger partial charge in [-0.25, -0.2) is 4.85 Å². The van der Waals surface area contributed by atoms with E-state index in [0.29, 0.717) is 29.5 Å². The van der Waals surface area contributed by atoms with Crippen molar-refractivity contribution in [3.63, 3.8) is 0 Å². The first kappa shape index (κ1) is 16.0. The van der Waals surface area contributed by atoms with Crippen molar-refractivity contribution in [1.82, 2.24) is 0 Å². The summed E-state index contributed by atoms with van der Waals surface area (Å²) in [5.41, 5.74) is 2.23. The summed E-state index contributed by atoms with van der Waals surface area (Å²) in [6, 6.07) is 10.7. The molecule has 4 rings (SSSR count). The van der Waals surface area contributed by atoms with Crippen molar-refractivity contribution in [2.45, 2.75) is 38.4 Å². The van der Waals surface area contributed by atoms with Crippen LogP contribution in [-0.4, -0.2) is 18.2 Å². The highest BCUT2D eigenvalue weighted by atomic mass is 16.5. The molecule has 0 atom stereocenters. The Morgan fingerprint density at radius 2 is 1.96 bits per heavy atom. The third kappa shape index (κ3) is 3.34. The molecular formula is C19H18BNO4. The zero-order valence-corrected chi connectivity index (χ0v) is 13.8. The Hall–Kier alpha value is -2.49. The van der Waals surface area contributed by atoms with Crippen molar-refractivity contribution in [2.75, 3.05) is 0 Å². The topological polar surface area (TPSA) is 52.3 Å². The molecule has 5 nitrogen and oxygen atoms in total. The summed E-state index contributed by atoms with van der Waals surface area (Å²) in [6.07, 6.45) is 4.62. The maximum absolute atomic E-state index is 9.71. The molecular weight excluding hydrogens is 317 g/mol. The lowest BCUT2D eigenvalue weighted by atomic mass is 9.80. The zero-order valence-electron chi connectivity index (χ0n) is 13.8. The molecule has 0 amide bonds. The van der Waals surface area contributed by atoms with Crippen LogP contribution >= 0.6 is 0 Å². The first-order chi connectivity index (χ1) is 12.2. The number of hydrogen-bond acceptors (Lipinski definition) is 4. The second-order valence-electron chi connectivity index (χ2n) is 6.39. The van der Waals surface area contributed by atoms with Gasteiger partial charge in [0.05, 0.1) is 19.3 Å². The van der Waals surface area contributed by atoms with Crippen LogP contribution in [0.2, 0.25) is 0 Å². The lowest BCUT2D eigenvalue weighted by Gasteiger charge is -2.17. The third-order valence-corrected chi connectivity index (χ3v) is 4.66. The highest BCUT2D eigenvalue weighted by molar-refractivity contribution is 6.61. The number of fused-ring (bicyclic) bond motifs is 1. The lowest BCUT2D eigenvalue weighted by Crippen LogP contribution is -2.27. The molecule has 1 fully saturated rings. The van der Waals surface area contributed by atoms with E-state index in [1.807, 2.05) is 12.1 Å². The van der Waals surface area contributed by atoms with Gasteiger partial charge in [-0.3, -0.25) is 0 Å². The fourth-order valence-electron chi connectivity index (χ4n) is 3.33. The largest absolute Gasteiger partial charge is 0.491 e. The van der Waals surface area contributed by atoms with Gasteiger partial charge in [-0.1, -0.05) is 12.1 Å². The molecule has 6 heteroatoms. The van der Waals surface area contributed by atoms with Gasteiger partial charge in [-0.2, -0.15) is 0 Å². The fraction of sp³-hybridized carbons (Fsp3) is 0.316. The molecule has 2 aromatic carbocycles. The molecule has 1 heterocycles. The van der Waals surface area contributed by atoms with Gasteiger partial charge in [0.2, 0.25) is 0 Å². The average molecular weight is 335 g/mol. The van der Waals surface area contributed by atoms with E-state index in [-0.39, 0.29) is 6.10 Å². The van der Waals surface area contributed by atoms with Crippen molar-refractivity contribution in [1.29, 1.82) is 0 Å². The minimum atomic E-state index is -0.858. The molecule has 0 saturated heterocycles. The summed E-state index contributed by atoms with van der Waals surface area (Å²) in [7, 11) is -0.858. The monoisotopic (exact) mass is 335 g/mol. The molecule has 1 saturated carbocycles. The van der Waals surface area contributed by atoms with E-state index in [2.05, 4.69) is 4.85 Å². The van der Waals surface area contributed by atoms with E-state index in [1.165, 1.54) is 12.8 Å². The second-order valence-corrected chi connectivity index (χ2v) is 6.39. The first-order valence-electron chi connectivity index (χ1n) is 8.51. The summed E-state index contributed by atoms with van der Waals surface area (Å²) in [4.78, 5) is 3.48. The van der Waals surface area contributed by atoms with Crippen LogP contribution in [0.4, 0.5) is 5.69 Å². The Kier molecular flexibility index (Phi) is 4.35. The number of hydrogen-bond donors (Lipinski definition) is 1. The van der Waals surface area contributed by atoms with Gasteiger partial charge in [0.15, 0.2) is 17.2 Å². The van der Waals surface area contributed by atoms with Crippen molar-refractivity contribution in [3.8, 4) is 17.2 Å². The van der Waals surface area contributed by atoms with Crippen molar-refractivity contribution < 1.29 is 19.2 Å². The molecule has 1 aliphatic heterocycles. The Labute approximate surface area is 147 Å². The van der Waals surface area contributed by atoms with Crippen LogP contribution in [0.15, 0.2) is 36.4 Å². The van der Waals surface area contributed by atoms with E-state index in [9.17, 15) is 5.02 Å². The van der Waals surface area contributed by atoms with Crippen molar-refractivity contribution >= 4 is 18.3 Å². The van der Waals surface area contributed by atoms with Gasteiger partial charge in [0.25, 0.3) is 0 Å². The highest BCUT2D eigenvalue weighted by Gasteiger charge is 2.27. The maximum Gasteiger partial charge on any atom is 0.491 e. The number of ether oxygens (including phenoxy) is 2. The van der Waals surface area contributed by atoms with Crippen LogP contribution in [0.5, 0.6) is 17.2 Å². The van der Waals surface area contributed by atoms with Crippen LogP contribution in [0, 0.1) is 6.57 Å². The molecule has 2 aromatic rings.